The average molecular weight is 590 g/mol. The van der Waals surface area contributed by atoms with Gasteiger partial charge < -0.3 is 9.64 Å². The molecule has 0 aromatic heterocycles. The first-order valence-electron chi connectivity index (χ1n) is 17.0. The number of fused-ring (bicyclic) bond motifs is 8. The van der Waals surface area contributed by atoms with E-state index in [1.165, 1.54) is 37.4 Å². The minimum Gasteiger partial charge on any atom is -0.376 e. The topological polar surface area (TPSA) is 12.5 Å². The minimum absolute atomic E-state index is 0.0396. The lowest BCUT2D eigenvalue weighted by molar-refractivity contribution is -0.00471. The van der Waals surface area contributed by atoms with Gasteiger partial charge in [0.1, 0.15) is 0 Å². The number of allylic oxidation sites excluding steroid dienone is 8. The number of likely N-dealkylation sites (N-methyl/N-ethyl adjacent to an activating group) is 1. The van der Waals surface area contributed by atoms with Crippen molar-refractivity contribution < 1.29 is 4.74 Å². The maximum atomic E-state index is 6.06. The fourth-order valence-corrected chi connectivity index (χ4v) is 16.9. The molecular weight excluding hydrogens is 539 g/mol. The first-order chi connectivity index (χ1) is 20.8. The van der Waals surface area contributed by atoms with Crippen molar-refractivity contribution in [2.75, 3.05) is 18.6 Å². The highest BCUT2D eigenvalue weighted by atomic mass is 28.3. The number of unbranched alkanes of at least 4 members (excludes halogenated alkanes) is 3. The van der Waals surface area contributed by atoms with Crippen molar-refractivity contribution in [2.24, 2.45) is 23.7 Å². The van der Waals surface area contributed by atoms with E-state index in [4.69, 9.17) is 4.74 Å². The van der Waals surface area contributed by atoms with E-state index in [1.54, 1.807) is 16.7 Å². The summed E-state index contributed by atoms with van der Waals surface area (Å²) in [6, 6.07) is 20.8. The molecule has 1 saturated carbocycles. The molecule has 226 valence electrons. The van der Waals surface area contributed by atoms with Crippen molar-refractivity contribution in [1.82, 2.24) is 0 Å². The van der Waals surface area contributed by atoms with Crippen LogP contribution in [0.3, 0.4) is 0 Å². The van der Waals surface area contributed by atoms with E-state index in [0.29, 0.717) is 41.2 Å². The molecule has 1 heterocycles. The molecule has 8 atom stereocenters. The number of rotatable bonds is 9. The minimum atomic E-state index is -1.96. The van der Waals surface area contributed by atoms with Crippen LogP contribution in [-0.2, 0) is 4.74 Å². The Balaban J connectivity index is 1.27. The number of nitrogens with zero attached hydrogens (tertiary/aromatic N) is 1. The molecule has 0 bridgehead atoms. The van der Waals surface area contributed by atoms with Gasteiger partial charge in [-0.2, -0.15) is 0 Å². The SMILES string of the molecule is CN1c2ccccc2C2C1c1ccccc1C2[Si](C)(CCCCCCOC(C)(C)C)C1C2C=CC=CC2C2C=CC=CC21. The van der Waals surface area contributed by atoms with Crippen molar-refractivity contribution in [3.05, 3.63) is 114 Å². The normalized spacial score (nSPS) is 32.7. The van der Waals surface area contributed by atoms with Crippen LogP contribution in [0, 0.1) is 23.7 Å². The van der Waals surface area contributed by atoms with Crippen LogP contribution in [0.15, 0.2) is 97.1 Å². The van der Waals surface area contributed by atoms with Crippen LogP contribution in [0.4, 0.5) is 5.69 Å². The maximum absolute atomic E-state index is 6.06. The Morgan fingerprint density at radius 1 is 0.698 bits per heavy atom. The molecule has 2 aromatic rings. The number of anilines is 1. The summed E-state index contributed by atoms with van der Waals surface area (Å²) in [6.07, 6.45) is 24.8. The Hall–Kier alpha value is -2.62. The highest BCUT2D eigenvalue weighted by Crippen LogP contribution is 2.68. The maximum Gasteiger partial charge on any atom is 0.0634 e. The van der Waals surface area contributed by atoms with E-state index >= 15 is 0 Å². The second kappa shape index (κ2) is 11.4. The number of ether oxygens (including phenoxy) is 1. The van der Waals surface area contributed by atoms with Crippen molar-refractivity contribution >= 4 is 13.8 Å². The largest absolute Gasteiger partial charge is 0.376 e. The second-order valence-electron chi connectivity index (χ2n) is 15.3. The molecule has 0 radical (unpaired) electrons. The Bertz CT molecular complexity index is 1410. The van der Waals surface area contributed by atoms with Crippen molar-refractivity contribution in [3.8, 4) is 0 Å². The fraction of sp³-hybridized carbons (Fsp3) is 0.500. The predicted octanol–water partition coefficient (Wildman–Crippen LogP) is 10.2. The van der Waals surface area contributed by atoms with Crippen LogP contribution in [0.1, 0.15) is 80.6 Å². The predicted molar refractivity (Wildman–Crippen MR) is 184 cm³/mol. The Labute approximate surface area is 261 Å². The highest BCUT2D eigenvalue weighted by molar-refractivity contribution is 6.82. The van der Waals surface area contributed by atoms with E-state index in [1.807, 2.05) is 0 Å². The van der Waals surface area contributed by atoms with Gasteiger partial charge in [0.15, 0.2) is 0 Å². The first-order valence-corrected chi connectivity index (χ1v) is 19.9. The molecule has 7 rings (SSSR count). The van der Waals surface area contributed by atoms with E-state index in [-0.39, 0.29) is 5.60 Å². The van der Waals surface area contributed by atoms with E-state index < -0.39 is 8.07 Å². The van der Waals surface area contributed by atoms with Gasteiger partial charge in [0.25, 0.3) is 0 Å². The second-order valence-corrected chi connectivity index (χ2v) is 20.1. The van der Waals surface area contributed by atoms with Crippen LogP contribution >= 0.6 is 0 Å². The molecular formula is C40H51NOSi. The van der Waals surface area contributed by atoms with Gasteiger partial charge in [0, 0.05) is 25.3 Å². The summed E-state index contributed by atoms with van der Waals surface area (Å²) in [7, 11) is 0.392. The van der Waals surface area contributed by atoms with Crippen molar-refractivity contribution in [2.45, 2.75) is 87.7 Å². The summed E-state index contributed by atoms with van der Waals surface area (Å²) in [5.74, 6) is 3.11. The lowest BCUT2D eigenvalue weighted by Crippen LogP contribution is -2.48. The number of benzene rings is 2. The molecule has 5 aliphatic rings. The van der Waals surface area contributed by atoms with E-state index in [2.05, 4.69) is 136 Å². The smallest absolute Gasteiger partial charge is 0.0634 e. The van der Waals surface area contributed by atoms with Gasteiger partial charge in [0.05, 0.1) is 19.7 Å². The third-order valence-corrected chi connectivity index (χ3v) is 17.6. The fourth-order valence-electron chi connectivity index (χ4n) is 10.2. The standard InChI is InChI=1S/C40H51NOSi/c1-40(2,3)42-26-16-6-7-17-27-43(5,38-31-21-11-8-18-28(31)29-19-9-12-22-32(29)38)39-33-23-13-10-20-30(33)37-36(39)34-24-14-15-25-35(34)41(37)4/h8-15,18-25,28-29,31-32,36-39H,6-7,16-17,26-27H2,1-5H3. The first kappa shape index (κ1) is 29.1. The van der Waals surface area contributed by atoms with Gasteiger partial charge in [0.2, 0.25) is 0 Å². The molecule has 0 N–H and O–H groups in total. The van der Waals surface area contributed by atoms with Gasteiger partial charge in [-0.15, -0.1) is 0 Å². The summed E-state index contributed by atoms with van der Waals surface area (Å²) in [5.41, 5.74) is 7.66. The van der Waals surface area contributed by atoms with Crippen LogP contribution in [0.25, 0.3) is 0 Å². The summed E-state index contributed by atoms with van der Waals surface area (Å²) < 4.78 is 6.06. The average Bonchev–Trinajstić information content (AvgIpc) is 3.63. The van der Waals surface area contributed by atoms with Crippen molar-refractivity contribution in [3.63, 3.8) is 0 Å². The van der Waals surface area contributed by atoms with Gasteiger partial charge >= 0.3 is 0 Å². The van der Waals surface area contributed by atoms with Crippen LogP contribution in [0.5, 0.6) is 0 Å². The molecule has 0 spiro atoms. The number of para-hydroxylation sites is 1. The molecule has 0 saturated heterocycles. The Kier molecular flexibility index (Phi) is 7.71. The molecule has 1 fully saturated rings. The lowest BCUT2D eigenvalue weighted by Gasteiger charge is -2.47. The lowest BCUT2D eigenvalue weighted by atomic mass is 9.83. The van der Waals surface area contributed by atoms with E-state index in [9.17, 15) is 0 Å². The number of hydrogen-bond acceptors (Lipinski definition) is 2. The van der Waals surface area contributed by atoms with E-state index in [0.717, 1.165) is 12.1 Å². The van der Waals surface area contributed by atoms with Crippen molar-refractivity contribution in [1.29, 1.82) is 0 Å². The third kappa shape index (κ3) is 4.95. The Morgan fingerprint density at radius 2 is 1.26 bits per heavy atom. The molecule has 3 heteroatoms. The summed E-state index contributed by atoms with van der Waals surface area (Å²) >= 11 is 0. The molecule has 2 aromatic carbocycles. The molecule has 8 unspecified atom stereocenters. The molecule has 0 amide bonds. The molecule has 4 aliphatic carbocycles. The van der Waals surface area contributed by atoms with Gasteiger partial charge in [-0.05, 0) is 84.7 Å². The Morgan fingerprint density at radius 3 is 1.91 bits per heavy atom. The number of hydrogen-bond donors (Lipinski definition) is 0. The monoisotopic (exact) mass is 589 g/mol. The third-order valence-electron chi connectivity index (χ3n) is 11.8. The molecule has 2 nitrogen and oxygen atoms in total. The van der Waals surface area contributed by atoms with Crippen LogP contribution < -0.4 is 4.90 Å². The summed E-state index contributed by atoms with van der Waals surface area (Å²) in [6.45, 7) is 10.2. The van der Waals surface area contributed by atoms with Crippen LogP contribution in [-0.4, -0.2) is 27.3 Å². The highest BCUT2D eigenvalue weighted by Gasteiger charge is 2.62. The van der Waals surface area contributed by atoms with Gasteiger partial charge in [-0.1, -0.05) is 123 Å². The van der Waals surface area contributed by atoms with Gasteiger partial charge in [-0.25, -0.2) is 0 Å². The molecule has 43 heavy (non-hydrogen) atoms. The zero-order valence-corrected chi connectivity index (χ0v) is 28.0. The molecule has 1 aliphatic heterocycles. The summed E-state index contributed by atoms with van der Waals surface area (Å²) in [5, 5.41) is 0. The van der Waals surface area contributed by atoms with Gasteiger partial charge in [-0.3, -0.25) is 0 Å². The quantitative estimate of drug-likeness (QED) is 0.213. The summed E-state index contributed by atoms with van der Waals surface area (Å²) in [4.78, 5) is 2.62. The zero-order valence-electron chi connectivity index (χ0n) is 27.0. The zero-order chi connectivity index (χ0) is 29.8. The van der Waals surface area contributed by atoms with Crippen LogP contribution in [0.2, 0.25) is 18.1 Å².